The van der Waals surface area contributed by atoms with Gasteiger partial charge in [-0.15, -0.1) is 0 Å². The maximum Gasteiger partial charge on any atom is 0.321 e. The van der Waals surface area contributed by atoms with Gasteiger partial charge in [-0.1, -0.05) is 37.8 Å². The van der Waals surface area contributed by atoms with Gasteiger partial charge in [-0.05, 0) is 44.9 Å². The molecule has 1 aromatic carbocycles. The van der Waals surface area contributed by atoms with E-state index in [0.29, 0.717) is 35.0 Å². The summed E-state index contributed by atoms with van der Waals surface area (Å²) < 4.78 is 40.0. The maximum atomic E-state index is 13.6. The number of urea groups is 1. The van der Waals surface area contributed by atoms with Crippen molar-refractivity contribution in [2.75, 3.05) is 32.1 Å². The molecule has 1 aliphatic rings. The van der Waals surface area contributed by atoms with E-state index < -0.39 is 22.2 Å². The number of aliphatic hydroxyl groups is 1. The van der Waals surface area contributed by atoms with Gasteiger partial charge < -0.3 is 24.6 Å². The summed E-state index contributed by atoms with van der Waals surface area (Å²) in [5, 5.41) is 16.5. The largest absolute Gasteiger partial charge is 0.487 e. The molecular formula is C27H38N4O6S. The molecule has 2 amide bonds. The molecule has 208 valence electrons. The number of amides is 2. The standard InChI is InChI=1S/C27H38N4O6S/c1-17(2)9-8-10-22-11-12-25-23(13-22)36-24(18(3)14-31(19(4)16-32)38(25,34)35)15-30(7)27(33)28-26-20(5)29-37-21(26)6/h11-13,17-19,24,32H,9,14-16H2,1-7H3,(H,28,33)/t18-,19-,24-/m0/s1. The van der Waals surface area contributed by atoms with Crippen molar-refractivity contribution in [1.29, 1.82) is 0 Å². The number of aromatic nitrogens is 1. The first-order chi connectivity index (χ1) is 17.8. The van der Waals surface area contributed by atoms with Crippen molar-refractivity contribution < 1.29 is 27.6 Å². The average molecular weight is 547 g/mol. The molecule has 11 heteroatoms. The second-order valence-corrected chi connectivity index (χ2v) is 12.2. The van der Waals surface area contributed by atoms with Crippen molar-refractivity contribution in [2.45, 2.75) is 65.0 Å². The number of aryl methyl sites for hydroxylation is 2. The quantitative estimate of drug-likeness (QED) is 0.530. The normalized spacial score (nSPS) is 19.8. The number of fused-ring (bicyclic) bond motifs is 1. The van der Waals surface area contributed by atoms with E-state index in [1.54, 1.807) is 40.0 Å². The smallest absolute Gasteiger partial charge is 0.321 e. The number of carbonyl (C=O) groups is 1. The zero-order valence-electron chi connectivity index (χ0n) is 23.1. The van der Waals surface area contributed by atoms with Crippen LogP contribution in [-0.2, 0) is 10.0 Å². The Bertz CT molecular complexity index is 1290. The van der Waals surface area contributed by atoms with E-state index >= 15 is 0 Å². The minimum absolute atomic E-state index is 0.00642. The number of hydrogen-bond donors (Lipinski definition) is 2. The molecule has 0 spiro atoms. The Hall–Kier alpha value is -3.07. The van der Waals surface area contributed by atoms with Crippen LogP contribution in [0.15, 0.2) is 27.6 Å². The second-order valence-electron chi connectivity index (χ2n) is 10.3. The molecule has 2 aromatic rings. The van der Waals surface area contributed by atoms with Crippen LogP contribution in [0, 0.1) is 37.5 Å². The summed E-state index contributed by atoms with van der Waals surface area (Å²) in [6.45, 7) is 11.1. The van der Waals surface area contributed by atoms with E-state index in [1.165, 1.54) is 15.3 Å². The zero-order valence-corrected chi connectivity index (χ0v) is 23.9. The first-order valence-electron chi connectivity index (χ1n) is 12.7. The van der Waals surface area contributed by atoms with Crippen molar-refractivity contribution in [2.24, 2.45) is 11.8 Å². The molecule has 3 atom stereocenters. The first kappa shape index (κ1) is 29.5. The third-order valence-electron chi connectivity index (χ3n) is 6.48. The van der Waals surface area contributed by atoms with Crippen LogP contribution in [0.1, 0.15) is 51.1 Å². The summed E-state index contributed by atoms with van der Waals surface area (Å²) in [6, 6.07) is 3.79. The molecule has 0 saturated carbocycles. The minimum Gasteiger partial charge on any atom is -0.487 e. The highest BCUT2D eigenvalue weighted by molar-refractivity contribution is 7.89. The van der Waals surface area contributed by atoms with Crippen LogP contribution in [0.25, 0.3) is 0 Å². The maximum absolute atomic E-state index is 13.6. The summed E-state index contributed by atoms with van der Waals surface area (Å²) in [7, 11) is -2.32. The van der Waals surface area contributed by atoms with Crippen molar-refractivity contribution in [3.8, 4) is 17.6 Å². The molecular weight excluding hydrogens is 508 g/mol. The lowest BCUT2D eigenvalue weighted by atomic mass is 10.0. The number of rotatable bonds is 6. The highest BCUT2D eigenvalue weighted by Gasteiger charge is 2.38. The predicted octanol–water partition coefficient (Wildman–Crippen LogP) is 3.62. The number of carbonyl (C=O) groups excluding carboxylic acids is 1. The van der Waals surface area contributed by atoms with Gasteiger partial charge >= 0.3 is 6.03 Å². The number of nitrogens with one attached hydrogen (secondary N) is 1. The number of hydrogen-bond acceptors (Lipinski definition) is 7. The Morgan fingerprint density at radius 3 is 2.63 bits per heavy atom. The van der Waals surface area contributed by atoms with E-state index in [9.17, 15) is 18.3 Å². The average Bonchev–Trinajstić information content (AvgIpc) is 3.17. The monoisotopic (exact) mass is 546 g/mol. The van der Waals surface area contributed by atoms with Gasteiger partial charge in [-0.2, -0.15) is 4.31 Å². The molecule has 0 saturated heterocycles. The minimum atomic E-state index is -3.96. The summed E-state index contributed by atoms with van der Waals surface area (Å²) in [5.41, 5.74) is 1.72. The van der Waals surface area contributed by atoms with Gasteiger partial charge in [-0.25, -0.2) is 13.2 Å². The lowest BCUT2D eigenvalue weighted by Crippen LogP contribution is -2.50. The van der Waals surface area contributed by atoms with Crippen LogP contribution in [0.5, 0.6) is 5.75 Å². The van der Waals surface area contributed by atoms with E-state index in [0.717, 1.165) is 0 Å². The number of aliphatic hydroxyl groups excluding tert-OH is 1. The number of ether oxygens (including phenoxy) is 1. The van der Waals surface area contributed by atoms with E-state index in [1.807, 2.05) is 6.92 Å². The number of nitrogens with zero attached hydrogens (tertiary/aromatic N) is 3. The Kier molecular flexibility index (Phi) is 9.46. The van der Waals surface area contributed by atoms with Crippen molar-refractivity contribution in [3.05, 3.63) is 35.2 Å². The second kappa shape index (κ2) is 12.2. The van der Waals surface area contributed by atoms with Gasteiger partial charge in [0.05, 0.1) is 13.2 Å². The first-order valence-corrected chi connectivity index (χ1v) is 14.2. The Balaban J connectivity index is 1.96. The zero-order chi connectivity index (χ0) is 28.2. The highest BCUT2D eigenvalue weighted by Crippen LogP contribution is 2.34. The number of anilines is 1. The summed E-state index contributed by atoms with van der Waals surface area (Å²) >= 11 is 0. The van der Waals surface area contributed by atoms with Gasteiger partial charge in [0.1, 0.15) is 28.1 Å². The lowest BCUT2D eigenvalue weighted by molar-refractivity contribution is 0.0830. The van der Waals surface area contributed by atoms with E-state index in [4.69, 9.17) is 9.26 Å². The van der Waals surface area contributed by atoms with Crippen LogP contribution < -0.4 is 10.1 Å². The molecule has 0 aliphatic carbocycles. The third-order valence-corrected chi connectivity index (χ3v) is 8.50. The Morgan fingerprint density at radius 1 is 1.32 bits per heavy atom. The molecule has 38 heavy (non-hydrogen) atoms. The lowest BCUT2D eigenvalue weighted by Gasteiger charge is -2.37. The number of likely N-dealkylation sites (N-methyl/N-ethyl adjacent to an activating group) is 1. The van der Waals surface area contributed by atoms with Crippen molar-refractivity contribution in [1.82, 2.24) is 14.4 Å². The van der Waals surface area contributed by atoms with E-state index in [-0.39, 0.29) is 42.3 Å². The summed E-state index contributed by atoms with van der Waals surface area (Å²) in [5.74, 6) is 6.98. The fraction of sp³-hybridized carbons (Fsp3) is 0.556. The molecule has 2 N–H and O–H groups in total. The molecule has 0 radical (unpaired) electrons. The molecule has 10 nitrogen and oxygen atoms in total. The molecule has 3 rings (SSSR count). The van der Waals surface area contributed by atoms with Crippen molar-refractivity contribution >= 4 is 21.7 Å². The molecule has 0 bridgehead atoms. The van der Waals surface area contributed by atoms with E-state index in [2.05, 4.69) is 36.2 Å². The van der Waals surface area contributed by atoms with Crippen LogP contribution in [-0.4, -0.2) is 72.8 Å². The van der Waals surface area contributed by atoms with Crippen LogP contribution in [0.3, 0.4) is 0 Å². The Labute approximate surface area is 225 Å². The fourth-order valence-electron chi connectivity index (χ4n) is 4.10. The van der Waals surface area contributed by atoms with Gasteiger partial charge in [0.25, 0.3) is 0 Å². The van der Waals surface area contributed by atoms with Gasteiger partial charge in [0, 0.05) is 37.5 Å². The SMILES string of the molecule is Cc1noc(C)c1NC(=O)N(C)C[C@@H]1Oc2cc(C#CCC(C)C)ccc2S(=O)(=O)N([C@@H](C)CO)C[C@@H]1C. The van der Waals surface area contributed by atoms with Gasteiger partial charge in [0.15, 0.2) is 5.76 Å². The molecule has 1 aromatic heterocycles. The molecule has 0 unspecified atom stereocenters. The predicted molar refractivity (Wildman–Crippen MR) is 144 cm³/mol. The fourth-order valence-corrected chi connectivity index (χ4v) is 5.92. The topological polar surface area (TPSA) is 125 Å². The molecule has 2 heterocycles. The van der Waals surface area contributed by atoms with Crippen LogP contribution in [0.2, 0.25) is 0 Å². The number of sulfonamides is 1. The van der Waals surface area contributed by atoms with Crippen LogP contribution >= 0.6 is 0 Å². The summed E-state index contributed by atoms with van der Waals surface area (Å²) in [4.78, 5) is 14.5. The Morgan fingerprint density at radius 2 is 2.03 bits per heavy atom. The number of benzene rings is 1. The highest BCUT2D eigenvalue weighted by atomic mass is 32.2. The summed E-state index contributed by atoms with van der Waals surface area (Å²) in [6.07, 6.45) is 0.167. The molecule has 1 aliphatic heterocycles. The van der Waals surface area contributed by atoms with Crippen molar-refractivity contribution in [3.63, 3.8) is 0 Å². The molecule has 0 fully saturated rings. The van der Waals surface area contributed by atoms with Gasteiger partial charge in [0.2, 0.25) is 10.0 Å². The third kappa shape index (κ3) is 6.67. The van der Waals surface area contributed by atoms with Gasteiger partial charge in [-0.3, -0.25) is 0 Å². The van der Waals surface area contributed by atoms with Crippen LogP contribution in [0.4, 0.5) is 10.5 Å².